The van der Waals surface area contributed by atoms with E-state index in [2.05, 4.69) is 26.2 Å². The minimum absolute atomic E-state index is 0.181. The van der Waals surface area contributed by atoms with E-state index in [1.807, 2.05) is 36.1 Å². The van der Waals surface area contributed by atoms with Crippen molar-refractivity contribution in [2.24, 2.45) is 5.92 Å². The molecule has 1 N–H and O–H groups in total. The van der Waals surface area contributed by atoms with Crippen molar-refractivity contribution >= 4 is 44.4 Å². The van der Waals surface area contributed by atoms with Crippen LogP contribution in [0.2, 0.25) is 0 Å². The lowest BCUT2D eigenvalue weighted by Gasteiger charge is -2.33. The number of amides is 1. The number of aromatic nitrogens is 2. The Morgan fingerprint density at radius 3 is 2.77 bits per heavy atom. The molecule has 1 aromatic heterocycles. The van der Waals surface area contributed by atoms with Crippen molar-refractivity contribution < 1.29 is 13.9 Å². The van der Waals surface area contributed by atoms with Gasteiger partial charge in [-0.25, -0.2) is 14.4 Å². The molecule has 1 aliphatic heterocycles. The molecule has 2 aromatic carbocycles. The number of nitrogens with zero attached hydrogens (tertiary/aromatic N) is 3. The van der Waals surface area contributed by atoms with Crippen molar-refractivity contribution in [3.63, 3.8) is 0 Å². The number of carbonyl (C=O) groups excluding carboxylic acids is 1. The van der Waals surface area contributed by atoms with Crippen molar-refractivity contribution in [2.45, 2.75) is 19.8 Å². The fourth-order valence-electron chi connectivity index (χ4n) is 3.62. The summed E-state index contributed by atoms with van der Waals surface area (Å²) < 4.78 is 20.5. The van der Waals surface area contributed by atoms with Crippen LogP contribution in [-0.4, -0.2) is 35.6 Å². The van der Waals surface area contributed by atoms with Gasteiger partial charge < -0.3 is 15.0 Å². The van der Waals surface area contributed by atoms with E-state index in [-0.39, 0.29) is 17.5 Å². The summed E-state index contributed by atoms with van der Waals surface area (Å²) in [7, 11) is 0. The summed E-state index contributed by atoms with van der Waals surface area (Å²) in [5, 5.41) is 2.72. The number of ether oxygens (including phenoxy) is 1. The van der Waals surface area contributed by atoms with Gasteiger partial charge in [-0.3, -0.25) is 4.79 Å². The number of hydrogen-bond donors (Lipinski definition) is 1. The Bertz CT molecular complexity index is 1080. The molecule has 0 bridgehead atoms. The molecule has 1 atom stereocenters. The molecule has 1 aliphatic rings. The summed E-state index contributed by atoms with van der Waals surface area (Å²) in [6.45, 7) is 3.60. The number of rotatable bonds is 5. The van der Waals surface area contributed by atoms with Crippen LogP contribution in [0.25, 0.3) is 11.0 Å². The maximum Gasteiger partial charge on any atom is 0.258 e. The molecule has 0 saturated carbocycles. The number of halogens is 2. The number of carbonyl (C=O) groups is 1. The van der Waals surface area contributed by atoms with Crippen LogP contribution in [0.15, 0.2) is 46.9 Å². The maximum absolute atomic E-state index is 14.1. The van der Waals surface area contributed by atoms with Crippen LogP contribution in [0, 0.1) is 11.7 Å². The van der Waals surface area contributed by atoms with Gasteiger partial charge in [-0.15, -0.1) is 0 Å². The number of benzene rings is 2. The largest absolute Gasteiger partial charge is 0.475 e. The van der Waals surface area contributed by atoms with Gasteiger partial charge >= 0.3 is 0 Å². The Hall–Kier alpha value is -2.74. The van der Waals surface area contributed by atoms with E-state index in [4.69, 9.17) is 9.72 Å². The van der Waals surface area contributed by atoms with Crippen molar-refractivity contribution in [3.8, 4) is 5.88 Å². The minimum atomic E-state index is -0.468. The van der Waals surface area contributed by atoms with E-state index in [1.165, 1.54) is 6.07 Å². The molecule has 1 saturated heterocycles. The minimum Gasteiger partial charge on any atom is -0.475 e. The Morgan fingerprint density at radius 1 is 1.27 bits per heavy atom. The second-order valence-corrected chi connectivity index (χ2v) is 8.09. The molecule has 0 unspecified atom stereocenters. The number of fused-ring (bicyclic) bond motifs is 1. The Labute approximate surface area is 182 Å². The predicted octanol–water partition coefficient (Wildman–Crippen LogP) is 4.79. The third kappa shape index (κ3) is 4.38. The topological polar surface area (TPSA) is 67.4 Å². The highest BCUT2D eigenvalue weighted by molar-refractivity contribution is 9.10. The third-order valence-electron chi connectivity index (χ3n) is 5.08. The Morgan fingerprint density at radius 2 is 2.03 bits per heavy atom. The first-order valence-electron chi connectivity index (χ1n) is 9.95. The van der Waals surface area contributed by atoms with E-state index >= 15 is 0 Å². The highest BCUT2D eigenvalue weighted by Gasteiger charge is 2.29. The number of para-hydroxylation sites is 2. The summed E-state index contributed by atoms with van der Waals surface area (Å²) in [5.74, 6) is 0.153. The summed E-state index contributed by atoms with van der Waals surface area (Å²) in [6, 6.07) is 12.2. The van der Waals surface area contributed by atoms with Crippen LogP contribution < -0.4 is 15.0 Å². The summed E-state index contributed by atoms with van der Waals surface area (Å²) in [6.07, 6.45) is 1.55. The zero-order chi connectivity index (χ0) is 21.1. The fraction of sp³-hybridized carbons (Fsp3) is 0.318. The first kappa shape index (κ1) is 20.5. The van der Waals surface area contributed by atoms with Crippen molar-refractivity contribution in [1.82, 2.24) is 9.97 Å². The molecule has 6 nitrogen and oxygen atoms in total. The average Bonchev–Trinajstić information content (AvgIpc) is 2.75. The lowest BCUT2D eigenvalue weighted by molar-refractivity contribution is -0.120. The van der Waals surface area contributed by atoms with Gasteiger partial charge in [0.05, 0.1) is 29.2 Å². The van der Waals surface area contributed by atoms with Crippen LogP contribution in [0.1, 0.15) is 19.8 Å². The molecular formula is C22H22BrFN4O2. The van der Waals surface area contributed by atoms with Gasteiger partial charge in [-0.2, -0.15) is 0 Å². The molecule has 0 spiro atoms. The smallest absolute Gasteiger partial charge is 0.258 e. The Kier molecular flexibility index (Phi) is 6.13. The van der Waals surface area contributed by atoms with Gasteiger partial charge in [0.15, 0.2) is 5.82 Å². The molecule has 0 aliphatic carbocycles. The first-order chi connectivity index (χ1) is 14.5. The molecule has 1 amide bonds. The molecule has 0 radical (unpaired) electrons. The van der Waals surface area contributed by atoms with Crippen LogP contribution in [-0.2, 0) is 4.79 Å². The third-order valence-corrected chi connectivity index (χ3v) is 5.58. The van der Waals surface area contributed by atoms with Crippen molar-refractivity contribution in [3.05, 3.63) is 52.8 Å². The van der Waals surface area contributed by atoms with Gasteiger partial charge in [-0.1, -0.05) is 28.1 Å². The quantitative estimate of drug-likeness (QED) is 0.578. The fourth-order valence-corrected chi connectivity index (χ4v) is 3.96. The molecule has 8 heteroatoms. The number of piperidine rings is 1. The SMILES string of the molecule is CCOc1nc2ccccc2nc1N1CCC[C@@H](C(=O)Nc2ccc(Br)cc2F)C1. The summed E-state index contributed by atoms with van der Waals surface area (Å²) in [5.41, 5.74) is 1.72. The molecule has 4 rings (SSSR count). The van der Waals surface area contributed by atoms with Gasteiger partial charge in [0.1, 0.15) is 5.82 Å². The highest BCUT2D eigenvalue weighted by atomic mass is 79.9. The van der Waals surface area contributed by atoms with E-state index in [0.717, 1.165) is 30.4 Å². The first-order valence-corrected chi connectivity index (χ1v) is 10.7. The monoisotopic (exact) mass is 472 g/mol. The van der Waals surface area contributed by atoms with E-state index < -0.39 is 5.82 Å². The van der Waals surface area contributed by atoms with Crippen LogP contribution in [0.5, 0.6) is 5.88 Å². The maximum atomic E-state index is 14.1. The van der Waals surface area contributed by atoms with Gasteiger partial charge in [0.25, 0.3) is 5.88 Å². The second kappa shape index (κ2) is 8.95. The lowest BCUT2D eigenvalue weighted by Crippen LogP contribution is -2.41. The molecular weight excluding hydrogens is 451 g/mol. The van der Waals surface area contributed by atoms with Crippen LogP contribution >= 0.6 is 15.9 Å². The van der Waals surface area contributed by atoms with E-state index in [9.17, 15) is 9.18 Å². The van der Waals surface area contributed by atoms with E-state index in [1.54, 1.807) is 12.1 Å². The Balaban J connectivity index is 1.56. The number of hydrogen-bond acceptors (Lipinski definition) is 5. The number of nitrogens with one attached hydrogen (secondary N) is 1. The van der Waals surface area contributed by atoms with Crippen molar-refractivity contribution in [1.29, 1.82) is 0 Å². The van der Waals surface area contributed by atoms with Gasteiger partial charge in [-0.05, 0) is 50.1 Å². The zero-order valence-electron chi connectivity index (χ0n) is 16.6. The van der Waals surface area contributed by atoms with Crippen LogP contribution in [0.4, 0.5) is 15.9 Å². The summed E-state index contributed by atoms with van der Waals surface area (Å²) in [4.78, 5) is 24.2. The molecule has 2 heterocycles. The highest BCUT2D eigenvalue weighted by Crippen LogP contribution is 2.31. The predicted molar refractivity (Wildman–Crippen MR) is 118 cm³/mol. The number of anilines is 2. The second-order valence-electron chi connectivity index (χ2n) is 7.17. The zero-order valence-corrected chi connectivity index (χ0v) is 18.2. The standard InChI is InChI=1S/C22H22BrFN4O2/c1-2-30-22-20(25-18-7-3-4-8-19(18)27-22)28-11-5-6-14(13-28)21(29)26-17-10-9-15(23)12-16(17)24/h3-4,7-10,12,14H,2,5-6,11,13H2,1H3,(H,26,29)/t14-/m1/s1. The van der Waals surface area contributed by atoms with Crippen LogP contribution in [0.3, 0.4) is 0 Å². The van der Waals surface area contributed by atoms with Crippen molar-refractivity contribution in [2.75, 3.05) is 29.9 Å². The summed E-state index contributed by atoms with van der Waals surface area (Å²) >= 11 is 3.23. The average molecular weight is 473 g/mol. The molecule has 3 aromatic rings. The lowest BCUT2D eigenvalue weighted by atomic mass is 9.97. The van der Waals surface area contributed by atoms with E-state index in [0.29, 0.717) is 29.3 Å². The normalized spacial score (nSPS) is 16.5. The van der Waals surface area contributed by atoms with Gasteiger partial charge in [0, 0.05) is 17.6 Å². The molecule has 156 valence electrons. The molecule has 30 heavy (non-hydrogen) atoms. The molecule has 1 fully saturated rings. The van der Waals surface area contributed by atoms with Gasteiger partial charge in [0.2, 0.25) is 5.91 Å².